The molecule has 1 amide bonds. The van der Waals surface area contributed by atoms with Crippen molar-refractivity contribution in [3.63, 3.8) is 0 Å². The summed E-state index contributed by atoms with van der Waals surface area (Å²) in [6, 6.07) is 10.4. The molecule has 3 aromatic heterocycles. The lowest BCUT2D eigenvalue weighted by molar-refractivity contribution is 0.102. The topological polar surface area (TPSA) is 138 Å². The Bertz CT molecular complexity index is 1750. The molecule has 0 radical (unpaired) electrons. The highest BCUT2D eigenvalue weighted by molar-refractivity contribution is 6.04. The maximum atomic E-state index is 13.5. The largest absolute Gasteiger partial charge is 0.490 e. The molecule has 0 aliphatic carbocycles. The van der Waals surface area contributed by atoms with Gasteiger partial charge in [0, 0.05) is 11.6 Å². The first-order valence-corrected chi connectivity index (χ1v) is 13.0. The number of aromatic nitrogens is 6. The predicted octanol–water partition coefficient (Wildman–Crippen LogP) is 4.19. The van der Waals surface area contributed by atoms with Crippen LogP contribution in [0.3, 0.4) is 0 Å². The molecular formula is C28H28FN7O5. The summed E-state index contributed by atoms with van der Waals surface area (Å²) in [5.41, 5.74) is 1.11. The first-order chi connectivity index (χ1) is 19.8. The summed E-state index contributed by atoms with van der Waals surface area (Å²) in [5.74, 6) is 0.594. The Kier molecular flexibility index (Phi) is 7.68. The quantitative estimate of drug-likeness (QED) is 0.259. The molecule has 13 heteroatoms. The lowest BCUT2D eigenvalue weighted by atomic mass is 10.1. The van der Waals surface area contributed by atoms with Gasteiger partial charge in [-0.15, -0.1) is 0 Å². The summed E-state index contributed by atoms with van der Waals surface area (Å²) in [6.07, 6.45) is 1.38. The molecule has 0 aliphatic heterocycles. The van der Waals surface area contributed by atoms with E-state index in [0.29, 0.717) is 48.5 Å². The van der Waals surface area contributed by atoms with E-state index in [2.05, 4.69) is 25.5 Å². The molecule has 0 bridgehead atoms. The number of benzene rings is 2. The number of carbonyl (C=O) groups is 1. The van der Waals surface area contributed by atoms with Gasteiger partial charge in [0.15, 0.2) is 17.1 Å². The maximum Gasteiger partial charge on any atom is 0.263 e. The summed E-state index contributed by atoms with van der Waals surface area (Å²) in [5, 5.41) is 11.7. The molecular weight excluding hydrogens is 533 g/mol. The van der Waals surface area contributed by atoms with Crippen LogP contribution in [0.15, 0.2) is 53.5 Å². The zero-order valence-corrected chi connectivity index (χ0v) is 22.9. The highest BCUT2D eigenvalue weighted by Crippen LogP contribution is 2.39. The molecule has 5 aromatic rings. The van der Waals surface area contributed by atoms with Crippen molar-refractivity contribution in [2.24, 2.45) is 0 Å². The van der Waals surface area contributed by atoms with Crippen molar-refractivity contribution >= 4 is 22.8 Å². The van der Waals surface area contributed by atoms with Crippen molar-refractivity contribution < 1.29 is 23.4 Å². The summed E-state index contributed by atoms with van der Waals surface area (Å²) in [4.78, 5) is 33.7. The molecule has 41 heavy (non-hydrogen) atoms. The van der Waals surface area contributed by atoms with Crippen molar-refractivity contribution in [3.8, 4) is 28.9 Å². The minimum Gasteiger partial charge on any atom is -0.490 e. The third-order valence-electron chi connectivity index (χ3n) is 5.94. The fraction of sp³-hybridized carbons (Fsp3) is 0.250. The van der Waals surface area contributed by atoms with Crippen molar-refractivity contribution in [1.82, 2.24) is 29.5 Å². The molecule has 0 atom stereocenters. The third kappa shape index (κ3) is 5.46. The van der Waals surface area contributed by atoms with Gasteiger partial charge < -0.3 is 19.5 Å². The highest BCUT2D eigenvalue weighted by Gasteiger charge is 2.21. The van der Waals surface area contributed by atoms with E-state index in [1.807, 2.05) is 20.8 Å². The molecule has 5 rings (SSSR count). The maximum absolute atomic E-state index is 13.5. The van der Waals surface area contributed by atoms with Crippen molar-refractivity contribution in [3.05, 3.63) is 76.1 Å². The Labute approximate surface area is 233 Å². The average molecular weight is 562 g/mol. The molecule has 2 N–H and O–H groups in total. The van der Waals surface area contributed by atoms with Gasteiger partial charge in [0.25, 0.3) is 11.5 Å². The van der Waals surface area contributed by atoms with Gasteiger partial charge in [0.05, 0.1) is 37.4 Å². The summed E-state index contributed by atoms with van der Waals surface area (Å²) in [7, 11) is 0. The zero-order valence-electron chi connectivity index (χ0n) is 22.9. The number of ether oxygens (including phenoxy) is 3. The van der Waals surface area contributed by atoms with Crippen molar-refractivity contribution in [2.45, 2.75) is 27.7 Å². The van der Waals surface area contributed by atoms with Crippen LogP contribution in [-0.2, 0) is 0 Å². The van der Waals surface area contributed by atoms with Gasteiger partial charge in [0.2, 0.25) is 11.7 Å². The summed E-state index contributed by atoms with van der Waals surface area (Å²) in [6.45, 7) is 8.35. The van der Waals surface area contributed by atoms with E-state index in [9.17, 15) is 14.0 Å². The molecule has 0 saturated heterocycles. The van der Waals surface area contributed by atoms with Crippen LogP contribution in [0.4, 0.5) is 10.2 Å². The number of nitrogens with zero attached hydrogens (tertiary/aromatic N) is 5. The first-order valence-electron chi connectivity index (χ1n) is 13.0. The van der Waals surface area contributed by atoms with Gasteiger partial charge >= 0.3 is 0 Å². The number of H-pyrrole nitrogens is 1. The molecule has 0 unspecified atom stereocenters. The van der Waals surface area contributed by atoms with E-state index in [-0.39, 0.29) is 28.4 Å². The van der Waals surface area contributed by atoms with Gasteiger partial charge in [0.1, 0.15) is 17.0 Å². The second-order valence-corrected chi connectivity index (χ2v) is 8.80. The number of carbonyl (C=O) groups excluding carboxylic acids is 1. The van der Waals surface area contributed by atoms with Crippen molar-refractivity contribution in [1.29, 1.82) is 0 Å². The van der Waals surface area contributed by atoms with Gasteiger partial charge in [-0.1, -0.05) is 0 Å². The van der Waals surface area contributed by atoms with Crippen LogP contribution in [-0.4, -0.2) is 55.3 Å². The fourth-order valence-electron chi connectivity index (χ4n) is 4.24. The second-order valence-electron chi connectivity index (χ2n) is 8.80. The average Bonchev–Trinajstić information content (AvgIpc) is 3.54. The molecule has 2 aromatic carbocycles. The highest BCUT2D eigenvalue weighted by atomic mass is 19.1. The fourth-order valence-corrected chi connectivity index (χ4v) is 4.24. The number of anilines is 1. The number of nitrogens with one attached hydrogen (secondary N) is 2. The van der Waals surface area contributed by atoms with Crippen LogP contribution in [0, 0.1) is 12.7 Å². The monoisotopic (exact) mass is 561 g/mol. The lowest BCUT2D eigenvalue weighted by Crippen LogP contribution is -2.19. The van der Waals surface area contributed by atoms with E-state index in [4.69, 9.17) is 14.2 Å². The Balaban J connectivity index is 1.54. The standard InChI is InChI=1S/C28H28FN7O5/c1-5-39-21-13-17(14-22(40-6-2)24(21)41-7-3)26(37)31-23-12-16(4)34-36(23)28-32-25-20(27(38)33-28)15-30-35(25)19-10-8-18(29)9-11-19/h8-15H,5-7H2,1-4H3,(H,31,37)(H,32,33,38). The number of amides is 1. The number of aromatic amines is 1. The first kappa shape index (κ1) is 27.4. The van der Waals surface area contributed by atoms with Crippen LogP contribution in [0.25, 0.3) is 22.7 Å². The molecule has 0 fully saturated rings. The minimum atomic E-state index is -0.476. The molecule has 0 spiro atoms. The predicted molar refractivity (Wildman–Crippen MR) is 149 cm³/mol. The normalized spacial score (nSPS) is 11.0. The zero-order chi connectivity index (χ0) is 29.1. The van der Waals surface area contributed by atoms with E-state index in [1.54, 1.807) is 25.1 Å². The molecule has 0 aliphatic rings. The smallest absolute Gasteiger partial charge is 0.263 e. The van der Waals surface area contributed by atoms with Gasteiger partial charge in [-0.05, 0) is 64.1 Å². The lowest BCUT2D eigenvalue weighted by Gasteiger charge is -2.17. The Morgan fingerprint density at radius 1 is 0.976 bits per heavy atom. The van der Waals surface area contributed by atoms with Crippen molar-refractivity contribution in [2.75, 3.05) is 25.1 Å². The van der Waals surface area contributed by atoms with Crippen LogP contribution < -0.4 is 25.1 Å². The molecule has 12 nitrogen and oxygen atoms in total. The second kappa shape index (κ2) is 11.5. The van der Waals surface area contributed by atoms with Gasteiger partial charge in [-0.3, -0.25) is 14.6 Å². The Morgan fingerprint density at radius 2 is 1.63 bits per heavy atom. The number of rotatable bonds is 10. The van der Waals surface area contributed by atoms with Crippen LogP contribution >= 0.6 is 0 Å². The number of hydrogen-bond acceptors (Lipinski definition) is 8. The Morgan fingerprint density at radius 3 is 2.27 bits per heavy atom. The summed E-state index contributed by atoms with van der Waals surface area (Å²) < 4.78 is 33.4. The number of aryl methyl sites for hydroxylation is 1. The number of hydrogen-bond donors (Lipinski definition) is 2. The molecule has 212 valence electrons. The number of halogens is 1. The molecule has 3 heterocycles. The van der Waals surface area contributed by atoms with E-state index in [1.165, 1.54) is 39.8 Å². The van der Waals surface area contributed by atoms with E-state index in [0.717, 1.165) is 0 Å². The Hall–Kier alpha value is -5.20. The van der Waals surface area contributed by atoms with Crippen LogP contribution in [0.2, 0.25) is 0 Å². The van der Waals surface area contributed by atoms with E-state index < -0.39 is 17.3 Å². The van der Waals surface area contributed by atoms with Crippen LogP contribution in [0.1, 0.15) is 36.8 Å². The van der Waals surface area contributed by atoms with Gasteiger partial charge in [-0.2, -0.15) is 19.9 Å². The minimum absolute atomic E-state index is 0.0477. The molecule has 0 saturated carbocycles. The van der Waals surface area contributed by atoms with E-state index >= 15 is 0 Å². The SMILES string of the molecule is CCOc1cc(C(=O)Nc2cc(C)nn2-c2nc3c(cnn3-c3ccc(F)cc3)c(=O)[nH]2)cc(OCC)c1OCC. The number of fused-ring (bicyclic) bond motifs is 1. The van der Waals surface area contributed by atoms with Crippen LogP contribution in [0.5, 0.6) is 17.2 Å². The summed E-state index contributed by atoms with van der Waals surface area (Å²) >= 11 is 0. The van der Waals surface area contributed by atoms with Gasteiger partial charge in [-0.25, -0.2) is 9.07 Å². The third-order valence-corrected chi connectivity index (χ3v) is 5.94.